The van der Waals surface area contributed by atoms with Gasteiger partial charge in [0.15, 0.2) is 0 Å². The average Bonchev–Trinajstić information content (AvgIpc) is 2.29. The van der Waals surface area contributed by atoms with E-state index < -0.39 is 5.54 Å². The van der Waals surface area contributed by atoms with Gasteiger partial charge in [-0.1, -0.05) is 32.9 Å². The van der Waals surface area contributed by atoms with E-state index in [1.807, 2.05) is 39.0 Å². The molecule has 1 amide bonds. The van der Waals surface area contributed by atoms with E-state index in [0.29, 0.717) is 5.92 Å². The van der Waals surface area contributed by atoms with E-state index >= 15 is 0 Å². The molecule has 0 spiro atoms. The molecule has 0 radical (unpaired) electrons. The summed E-state index contributed by atoms with van der Waals surface area (Å²) in [6.07, 6.45) is 0. The number of nitrogens with one attached hydrogen (secondary N) is 2. The second-order valence-electron chi connectivity index (χ2n) is 5.39. The Morgan fingerprint density at radius 3 is 2.56 bits per heavy atom. The van der Waals surface area contributed by atoms with Crippen LogP contribution in [0.1, 0.15) is 46.1 Å². The number of rotatable bonds is 5. The fourth-order valence-corrected chi connectivity index (χ4v) is 1.79. The van der Waals surface area contributed by atoms with Gasteiger partial charge in [0.05, 0.1) is 5.54 Å². The van der Waals surface area contributed by atoms with Crippen LogP contribution in [0, 0.1) is 0 Å². The third kappa shape index (κ3) is 3.84. The molecule has 3 nitrogen and oxygen atoms in total. The number of carbonyl (C=O) groups is 1. The van der Waals surface area contributed by atoms with Gasteiger partial charge in [0.2, 0.25) is 5.91 Å². The fraction of sp³-hybridized carbons (Fsp3) is 0.533. The zero-order valence-corrected chi connectivity index (χ0v) is 12.0. The molecule has 0 fully saturated rings. The Kier molecular flexibility index (Phi) is 4.91. The molecule has 0 bridgehead atoms. The highest BCUT2D eigenvalue weighted by molar-refractivity contribution is 5.97. The topological polar surface area (TPSA) is 41.1 Å². The fourth-order valence-electron chi connectivity index (χ4n) is 1.79. The Balaban J connectivity index is 2.79. The van der Waals surface area contributed by atoms with Crippen LogP contribution in [0.15, 0.2) is 24.3 Å². The van der Waals surface area contributed by atoms with Crippen LogP contribution in [0.5, 0.6) is 0 Å². The van der Waals surface area contributed by atoms with Crippen LogP contribution in [0.3, 0.4) is 0 Å². The van der Waals surface area contributed by atoms with Crippen molar-refractivity contribution in [3.8, 4) is 0 Å². The summed E-state index contributed by atoms with van der Waals surface area (Å²) >= 11 is 0. The number of anilines is 1. The van der Waals surface area contributed by atoms with E-state index in [1.165, 1.54) is 5.56 Å². The maximum absolute atomic E-state index is 12.1. The number of benzene rings is 1. The molecule has 0 atom stereocenters. The third-order valence-electron chi connectivity index (χ3n) is 3.00. The molecule has 0 aliphatic rings. The van der Waals surface area contributed by atoms with E-state index in [9.17, 15) is 4.79 Å². The number of likely N-dealkylation sites (N-methyl/N-ethyl adjacent to an activating group) is 1. The van der Waals surface area contributed by atoms with E-state index in [2.05, 4.69) is 30.5 Å². The first-order chi connectivity index (χ1) is 8.36. The van der Waals surface area contributed by atoms with Gasteiger partial charge in [-0.05, 0) is 44.0 Å². The Morgan fingerprint density at radius 2 is 2.00 bits per heavy atom. The molecule has 1 aromatic rings. The smallest absolute Gasteiger partial charge is 0.244 e. The van der Waals surface area contributed by atoms with Crippen LogP contribution < -0.4 is 10.6 Å². The van der Waals surface area contributed by atoms with Crippen LogP contribution in [0.2, 0.25) is 0 Å². The quantitative estimate of drug-likeness (QED) is 0.840. The first-order valence-corrected chi connectivity index (χ1v) is 6.53. The van der Waals surface area contributed by atoms with Crippen LogP contribution in [0.25, 0.3) is 0 Å². The molecule has 0 heterocycles. The summed E-state index contributed by atoms with van der Waals surface area (Å²) in [5, 5.41) is 6.13. The second-order valence-corrected chi connectivity index (χ2v) is 5.39. The van der Waals surface area contributed by atoms with Crippen molar-refractivity contribution >= 4 is 11.6 Å². The van der Waals surface area contributed by atoms with Crippen molar-refractivity contribution in [2.24, 2.45) is 0 Å². The number of carbonyl (C=O) groups excluding carboxylic acids is 1. The predicted octanol–water partition coefficient (Wildman–Crippen LogP) is 3.14. The SMILES string of the molecule is CCNC(C)(C)C(=O)Nc1cccc(C(C)C)c1. The molecule has 0 aliphatic carbocycles. The van der Waals surface area contributed by atoms with Crippen LogP contribution >= 0.6 is 0 Å². The highest BCUT2D eigenvalue weighted by Crippen LogP contribution is 2.19. The standard InChI is InChI=1S/C15H24N2O/c1-6-16-15(4,5)14(18)17-13-9-7-8-12(10-13)11(2)3/h7-11,16H,6H2,1-5H3,(H,17,18). The summed E-state index contributed by atoms with van der Waals surface area (Å²) < 4.78 is 0. The van der Waals surface area contributed by atoms with E-state index in [0.717, 1.165) is 12.2 Å². The molecular formula is C15H24N2O. The van der Waals surface area contributed by atoms with Gasteiger partial charge >= 0.3 is 0 Å². The molecule has 0 aromatic heterocycles. The molecule has 18 heavy (non-hydrogen) atoms. The van der Waals surface area contributed by atoms with Crippen molar-refractivity contribution < 1.29 is 4.79 Å². The zero-order valence-electron chi connectivity index (χ0n) is 12.0. The minimum absolute atomic E-state index is 0.00902. The van der Waals surface area contributed by atoms with Crippen molar-refractivity contribution in [3.63, 3.8) is 0 Å². The molecule has 1 aromatic carbocycles. The zero-order chi connectivity index (χ0) is 13.8. The highest BCUT2D eigenvalue weighted by atomic mass is 16.2. The largest absolute Gasteiger partial charge is 0.324 e. The lowest BCUT2D eigenvalue weighted by atomic mass is 10.0. The average molecular weight is 248 g/mol. The summed E-state index contributed by atoms with van der Waals surface area (Å²) in [5.41, 5.74) is 1.54. The van der Waals surface area contributed by atoms with E-state index in [-0.39, 0.29) is 5.91 Å². The van der Waals surface area contributed by atoms with Crippen molar-refractivity contribution in [2.75, 3.05) is 11.9 Å². The monoisotopic (exact) mass is 248 g/mol. The Bertz CT molecular complexity index is 411. The summed E-state index contributed by atoms with van der Waals surface area (Å²) in [5.74, 6) is 0.453. The second kappa shape index (κ2) is 6.01. The molecule has 3 heteroatoms. The van der Waals surface area contributed by atoms with Crippen LogP contribution in [-0.4, -0.2) is 18.0 Å². The van der Waals surface area contributed by atoms with Gasteiger partial charge in [0, 0.05) is 5.69 Å². The predicted molar refractivity (Wildman–Crippen MR) is 76.9 cm³/mol. The van der Waals surface area contributed by atoms with Gasteiger partial charge in [-0.15, -0.1) is 0 Å². The Labute approximate surface area is 110 Å². The highest BCUT2D eigenvalue weighted by Gasteiger charge is 2.26. The summed E-state index contributed by atoms with van der Waals surface area (Å²) in [6, 6.07) is 8.01. The molecule has 0 saturated carbocycles. The Hall–Kier alpha value is -1.35. The molecule has 0 aliphatic heterocycles. The van der Waals surface area contributed by atoms with E-state index in [1.54, 1.807) is 0 Å². The molecule has 1 rings (SSSR count). The summed E-state index contributed by atoms with van der Waals surface area (Å²) in [6.45, 7) is 10.8. The van der Waals surface area contributed by atoms with Gasteiger partial charge in [-0.2, -0.15) is 0 Å². The van der Waals surface area contributed by atoms with Gasteiger partial charge in [0.1, 0.15) is 0 Å². The first kappa shape index (κ1) is 14.7. The Morgan fingerprint density at radius 1 is 1.33 bits per heavy atom. The molecule has 0 unspecified atom stereocenters. The van der Waals surface area contributed by atoms with Gasteiger partial charge in [0.25, 0.3) is 0 Å². The van der Waals surface area contributed by atoms with Crippen molar-refractivity contribution in [2.45, 2.75) is 46.1 Å². The number of amides is 1. The maximum Gasteiger partial charge on any atom is 0.244 e. The lowest BCUT2D eigenvalue weighted by Gasteiger charge is -2.24. The third-order valence-corrected chi connectivity index (χ3v) is 3.00. The minimum Gasteiger partial charge on any atom is -0.324 e. The van der Waals surface area contributed by atoms with Crippen LogP contribution in [-0.2, 0) is 4.79 Å². The van der Waals surface area contributed by atoms with Gasteiger partial charge in [-0.25, -0.2) is 0 Å². The normalized spacial score (nSPS) is 11.7. The first-order valence-electron chi connectivity index (χ1n) is 6.53. The van der Waals surface area contributed by atoms with Gasteiger partial charge in [-0.3, -0.25) is 4.79 Å². The number of hydrogen-bond acceptors (Lipinski definition) is 2. The van der Waals surface area contributed by atoms with Crippen molar-refractivity contribution in [3.05, 3.63) is 29.8 Å². The molecule has 2 N–H and O–H groups in total. The molecule has 0 saturated heterocycles. The van der Waals surface area contributed by atoms with Gasteiger partial charge < -0.3 is 10.6 Å². The van der Waals surface area contributed by atoms with Crippen molar-refractivity contribution in [1.82, 2.24) is 5.32 Å². The van der Waals surface area contributed by atoms with Crippen molar-refractivity contribution in [1.29, 1.82) is 0 Å². The lowest BCUT2D eigenvalue weighted by molar-refractivity contribution is -0.121. The number of hydrogen-bond donors (Lipinski definition) is 2. The molecular weight excluding hydrogens is 224 g/mol. The minimum atomic E-state index is -0.553. The lowest BCUT2D eigenvalue weighted by Crippen LogP contribution is -2.49. The molecule has 100 valence electrons. The van der Waals surface area contributed by atoms with E-state index in [4.69, 9.17) is 0 Å². The summed E-state index contributed by atoms with van der Waals surface area (Å²) in [7, 11) is 0. The summed E-state index contributed by atoms with van der Waals surface area (Å²) in [4.78, 5) is 12.1. The maximum atomic E-state index is 12.1. The van der Waals surface area contributed by atoms with Crippen LogP contribution in [0.4, 0.5) is 5.69 Å².